The summed E-state index contributed by atoms with van der Waals surface area (Å²) in [7, 11) is 0. The van der Waals surface area contributed by atoms with Crippen molar-refractivity contribution in [2.75, 3.05) is 0 Å². The molecule has 0 aliphatic rings. The minimum absolute atomic E-state index is 0.370. The first-order valence-electron chi connectivity index (χ1n) is 8.30. The summed E-state index contributed by atoms with van der Waals surface area (Å²) in [5.74, 6) is 0.253. The van der Waals surface area contributed by atoms with Crippen molar-refractivity contribution in [1.82, 2.24) is 10.9 Å². The van der Waals surface area contributed by atoms with Crippen LogP contribution >= 0.6 is 0 Å². The number of rotatable bonds is 5. The summed E-state index contributed by atoms with van der Waals surface area (Å²) in [5.41, 5.74) is 7.45. The van der Waals surface area contributed by atoms with Crippen LogP contribution in [0.3, 0.4) is 0 Å². The Morgan fingerprint density at radius 3 is 2.24 bits per heavy atom. The summed E-state index contributed by atoms with van der Waals surface area (Å²) >= 11 is 0. The molecule has 0 aliphatic heterocycles. The van der Waals surface area contributed by atoms with Gasteiger partial charge in [0.2, 0.25) is 0 Å². The van der Waals surface area contributed by atoms with E-state index in [1.165, 1.54) is 5.56 Å². The first-order valence-corrected chi connectivity index (χ1v) is 8.30. The number of benzene rings is 2. The molecule has 0 bridgehead atoms. The highest BCUT2D eigenvalue weighted by Gasteiger charge is 2.16. The fourth-order valence-electron chi connectivity index (χ4n) is 2.27. The zero-order valence-corrected chi connectivity index (χ0v) is 15.0. The molecular formula is C20H24N2O3. The Morgan fingerprint density at radius 2 is 1.64 bits per heavy atom. The van der Waals surface area contributed by atoms with Crippen molar-refractivity contribution in [2.24, 2.45) is 0 Å². The zero-order chi connectivity index (χ0) is 18.4. The number of hydrazine groups is 1. The van der Waals surface area contributed by atoms with Crippen LogP contribution in [0.2, 0.25) is 0 Å². The third-order valence-corrected chi connectivity index (χ3v) is 3.81. The van der Waals surface area contributed by atoms with Crippen molar-refractivity contribution in [1.29, 1.82) is 0 Å². The number of nitrogens with one attached hydrogen (secondary N) is 2. The maximum absolute atomic E-state index is 12.1. The molecule has 0 spiro atoms. The SMILES string of the molecule is Cc1cccc(C(=O)NNC(=O)C(C)Oc2ccc(C(C)C)cc2)c1. The Kier molecular flexibility index (Phi) is 6.17. The number of hydrogen-bond acceptors (Lipinski definition) is 3. The van der Waals surface area contributed by atoms with Crippen molar-refractivity contribution in [3.05, 3.63) is 65.2 Å². The van der Waals surface area contributed by atoms with Crippen LogP contribution in [0.25, 0.3) is 0 Å². The summed E-state index contributed by atoms with van der Waals surface area (Å²) in [6, 6.07) is 14.8. The van der Waals surface area contributed by atoms with Crippen LogP contribution in [-0.2, 0) is 4.79 Å². The number of hydrogen-bond donors (Lipinski definition) is 2. The van der Waals surface area contributed by atoms with Gasteiger partial charge in [0.1, 0.15) is 5.75 Å². The van der Waals surface area contributed by atoms with Gasteiger partial charge in [-0.25, -0.2) is 0 Å². The van der Waals surface area contributed by atoms with E-state index in [1.807, 2.05) is 37.3 Å². The van der Waals surface area contributed by atoms with E-state index in [-0.39, 0.29) is 5.91 Å². The normalized spacial score (nSPS) is 11.7. The summed E-state index contributed by atoms with van der Waals surface area (Å²) in [6.07, 6.45) is -0.734. The first kappa shape index (κ1) is 18.5. The molecule has 2 rings (SSSR count). The molecule has 2 aromatic rings. The second-order valence-electron chi connectivity index (χ2n) is 6.30. The lowest BCUT2D eigenvalue weighted by atomic mass is 10.0. The van der Waals surface area contributed by atoms with Gasteiger partial charge >= 0.3 is 0 Å². The molecule has 2 aromatic carbocycles. The Labute approximate surface area is 148 Å². The average molecular weight is 340 g/mol. The molecule has 25 heavy (non-hydrogen) atoms. The van der Waals surface area contributed by atoms with Gasteiger partial charge in [0.25, 0.3) is 11.8 Å². The molecule has 0 heterocycles. The number of amides is 2. The van der Waals surface area contributed by atoms with Gasteiger partial charge in [0.05, 0.1) is 0 Å². The predicted molar refractivity (Wildman–Crippen MR) is 97.4 cm³/mol. The van der Waals surface area contributed by atoms with Crippen molar-refractivity contribution < 1.29 is 14.3 Å². The smallest absolute Gasteiger partial charge is 0.279 e. The van der Waals surface area contributed by atoms with Gasteiger partial charge in [-0.1, -0.05) is 43.7 Å². The Balaban J connectivity index is 1.86. The molecule has 2 amide bonds. The summed E-state index contributed by atoms with van der Waals surface area (Å²) in [4.78, 5) is 24.1. The van der Waals surface area contributed by atoms with Crippen LogP contribution in [0.4, 0.5) is 0 Å². The number of carbonyl (C=O) groups is 2. The highest BCUT2D eigenvalue weighted by atomic mass is 16.5. The summed E-state index contributed by atoms with van der Waals surface area (Å²) in [5, 5.41) is 0. The van der Waals surface area contributed by atoms with Gasteiger partial charge < -0.3 is 4.74 Å². The van der Waals surface area contributed by atoms with E-state index < -0.39 is 12.0 Å². The average Bonchev–Trinajstić information content (AvgIpc) is 2.59. The van der Waals surface area contributed by atoms with Crippen molar-refractivity contribution in [2.45, 2.75) is 39.7 Å². The monoisotopic (exact) mass is 340 g/mol. The van der Waals surface area contributed by atoms with E-state index >= 15 is 0 Å². The van der Waals surface area contributed by atoms with Gasteiger partial charge in [0.15, 0.2) is 6.10 Å². The van der Waals surface area contributed by atoms with Gasteiger partial charge in [-0.15, -0.1) is 0 Å². The van der Waals surface area contributed by atoms with E-state index in [4.69, 9.17) is 4.74 Å². The van der Waals surface area contributed by atoms with E-state index in [1.54, 1.807) is 25.1 Å². The quantitative estimate of drug-likeness (QED) is 0.820. The minimum atomic E-state index is -0.734. The molecule has 5 heteroatoms. The maximum Gasteiger partial charge on any atom is 0.279 e. The molecule has 0 fully saturated rings. The lowest BCUT2D eigenvalue weighted by Gasteiger charge is -2.16. The predicted octanol–water partition coefficient (Wildman–Crippen LogP) is 3.35. The first-order chi connectivity index (χ1) is 11.9. The Bertz CT molecular complexity index is 739. The highest BCUT2D eigenvalue weighted by molar-refractivity contribution is 5.95. The molecule has 5 nitrogen and oxygen atoms in total. The lowest BCUT2D eigenvalue weighted by molar-refractivity contribution is -0.128. The maximum atomic E-state index is 12.1. The van der Waals surface area contributed by atoms with Crippen LogP contribution in [0, 0.1) is 6.92 Å². The Hall–Kier alpha value is -2.82. The van der Waals surface area contributed by atoms with Crippen LogP contribution < -0.4 is 15.6 Å². The number of ether oxygens (including phenoxy) is 1. The Morgan fingerprint density at radius 1 is 0.960 bits per heavy atom. The molecular weight excluding hydrogens is 316 g/mol. The standard InChI is InChI=1S/C20H24N2O3/c1-13(2)16-8-10-18(11-9-16)25-15(4)19(23)21-22-20(24)17-7-5-6-14(3)12-17/h5-13,15H,1-4H3,(H,21,23)(H,22,24). The molecule has 132 valence electrons. The van der Waals surface area contributed by atoms with Crippen molar-refractivity contribution >= 4 is 11.8 Å². The van der Waals surface area contributed by atoms with Crippen molar-refractivity contribution in [3.8, 4) is 5.75 Å². The minimum Gasteiger partial charge on any atom is -0.481 e. The molecule has 2 N–H and O–H groups in total. The summed E-state index contributed by atoms with van der Waals surface area (Å²) < 4.78 is 5.60. The topological polar surface area (TPSA) is 67.4 Å². The van der Waals surface area contributed by atoms with Crippen molar-refractivity contribution in [3.63, 3.8) is 0 Å². The molecule has 0 saturated heterocycles. The summed E-state index contributed by atoms with van der Waals surface area (Å²) in [6.45, 7) is 7.76. The second kappa shape index (κ2) is 8.33. The van der Waals surface area contributed by atoms with E-state index in [2.05, 4.69) is 24.7 Å². The third kappa shape index (κ3) is 5.35. The fourth-order valence-corrected chi connectivity index (χ4v) is 2.27. The van der Waals surface area contributed by atoms with Gasteiger partial charge in [-0.05, 0) is 49.6 Å². The van der Waals surface area contributed by atoms with Gasteiger partial charge in [-0.3, -0.25) is 20.4 Å². The van der Waals surface area contributed by atoms with E-state index in [9.17, 15) is 9.59 Å². The zero-order valence-electron chi connectivity index (χ0n) is 15.0. The molecule has 0 saturated carbocycles. The van der Waals surface area contributed by atoms with Crippen LogP contribution in [0.5, 0.6) is 5.75 Å². The fraction of sp³-hybridized carbons (Fsp3) is 0.300. The van der Waals surface area contributed by atoms with E-state index in [0.29, 0.717) is 17.2 Å². The molecule has 0 radical (unpaired) electrons. The molecule has 1 atom stereocenters. The largest absolute Gasteiger partial charge is 0.481 e. The highest BCUT2D eigenvalue weighted by Crippen LogP contribution is 2.19. The van der Waals surface area contributed by atoms with E-state index in [0.717, 1.165) is 5.56 Å². The molecule has 0 aliphatic carbocycles. The molecule has 0 aromatic heterocycles. The third-order valence-electron chi connectivity index (χ3n) is 3.81. The van der Waals surface area contributed by atoms with Crippen LogP contribution in [0.15, 0.2) is 48.5 Å². The van der Waals surface area contributed by atoms with Gasteiger partial charge in [-0.2, -0.15) is 0 Å². The van der Waals surface area contributed by atoms with Gasteiger partial charge in [0, 0.05) is 5.56 Å². The van der Waals surface area contributed by atoms with Crippen LogP contribution in [-0.4, -0.2) is 17.9 Å². The number of carbonyl (C=O) groups excluding carboxylic acids is 2. The lowest BCUT2D eigenvalue weighted by Crippen LogP contribution is -2.47. The molecule has 1 unspecified atom stereocenters. The van der Waals surface area contributed by atoms with Crippen LogP contribution in [0.1, 0.15) is 48.2 Å². The number of aryl methyl sites for hydroxylation is 1. The second-order valence-corrected chi connectivity index (χ2v) is 6.30.